The van der Waals surface area contributed by atoms with Gasteiger partial charge in [-0.2, -0.15) is 0 Å². The van der Waals surface area contributed by atoms with Crippen molar-refractivity contribution in [3.05, 3.63) is 46.9 Å². The molecule has 2 aliphatic heterocycles. The molecule has 0 radical (unpaired) electrons. The number of likely N-dealkylation sites (N-methyl/N-ethyl adjacent to an activating group) is 1. The predicted octanol–water partition coefficient (Wildman–Crippen LogP) is 2.50. The minimum Gasteiger partial charge on any atom is -0.496 e. The van der Waals surface area contributed by atoms with Crippen molar-refractivity contribution < 1.29 is 14.3 Å². The first-order valence-electron chi connectivity index (χ1n) is 11.1. The molecule has 0 bridgehead atoms. The van der Waals surface area contributed by atoms with Gasteiger partial charge in [0.05, 0.1) is 26.2 Å². The Morgan fingerprint density at radius 1 is 1.22 bits per heavy atom. The predicted molar refractivity (Wildman–Crippen MR) is 122 cm³/mol. The van der Waals surface area contributed by atoms with Crippen LogP contribution in [0.5, 0.6) is 5.75 Å². The number of anilines is 1. The Kier molecular flexibility index (Phi) is 6.41. The molecule has 8 heteroatoms. The molecule has 1 fully saturated rings. The number of methoxy groups -OCH3 is 1. The van der Waals surface area contributed by atoms with Gasteiger partial charge in [-0.25, -0.2) is 9.97 Å². The SMILES string of the molecule is COc1ccccc1CN1C(=O)CCc2c(C)nc(C3CCCN3C(=O)CN(C)C)nc21. The summed E-state index contributed by atoms with van der Waals surface area (Å²) in [6.45, 7) is 3.43. The monoisotopic (exact) mass is 437 g/mol. The number of aryl methyl sites for hydroxylation is 1. The van der Waals surface area contributed by atoms with E-state index in [0.717, 1.165) is 35.4 Å². The van der Waals surface area contributed by atoms with Crippen LogP contribution in [0.3, 0.4) is 0 Å². The molecule has 1 aromatic heterocycles. The lowest BCUT2D eigenvalue weighted by molar-refractivity contribution is -0.133. The highest BCUT2D eigenvalue weighted by atomic mass is 16.5. The topological polar surface area (TPSA) is 78.9 Å². The van der Waals surface area contributed by atoms with Crippen LogP contribution in [0.15, 0.2) is 24.3 Å². The van der Waals surface area contributed by atoms with E-state index in [4.69, 9.17) is 14.7 Å². The van der Waals surface area contributed by atoms with E-state index in [0.29, 0.717) is 44.1 Å². The van der Waals surface area contributed by atoms with Gasteiger partial charge in [-0.15, -0.1) is 0 Å². The fraction of sp³-hybridized carbons (Fsp3) is 0.500. The molecule has 4 rings (SSSR count). The van der Waals surface area contributed by atoms with Crippen molar-refractivity contribution in [2.75, 3.05) is 39.2 Å². The van der Waals surface area contributed by atoms with Gasteiger partial charge in [-0.3, -0.25) is 14.5 Å². The van der Waals surface area contributed by atoms with Crippen LogP contribution in [-0.4, -0.2) is 65.9 Å². The third-order valence-electron chi connectivity index (χ3n) is 6.20. The number of carbonyl (C=O) groups is 2. The first-order chi connectivity index (χ1) is 15.4. The summed E-state index contributed by atoms with van der Waals surface area (Å²) >= 11 is 0. The minimum absolute atomic E-state index is 0.0411. The number of fused-ring (bicyclic) bond motifs is 1. The number of likely N-dealkylation sites (tertiary alicyclic amines) is 1. The molecule has 3 heterocycles. The van der Waals surface area contributed by atoms with Gasteiger partial charge < -0.3 is 14.5 Å². The first kappa shape index (κ1) is 22.2. The van der Waals surface area contributed by atoms with E-state index in [1.54, 1.807) is 12.0 Å². The molecule has 0 N–H and O–H groups in total. The number of aromatic nitrogens is 2. The van der Waals surface area contributed by atoms with Crippen LogP contribution in [0, 0.1) is 6.92 Å². The van der Waals surface area contributed by atoms with Crippen molar-refractivity contribution in [1.82, 2.24) is 19.8 Å². The van der Waals surface area contributed by atoms with Crippen LogP contribution < -0.4 is 9.64 Å². The van der Waals surface area contributed by atoms with Gasteiger partial charge in [0.15, 0.2) is 5.82 Å². The van der Waals surface area contributed by atoms with Crippen LogP contribution >= 0.6 is 0 Å². The Morgan fingerprint density at radius 3 is 2.75 bits per heavy atom. The number of rotatable bonds is 6. The van der Waals surface area contributed by atoms with E-state index >= 15 is 0 Å². The lowest BCUT2D eigenvalue weighted by Gasteiger charge is -2.31. The van der Waals surface area contributed by atoms with Crippen LogP contribution in [0.4, 0.5) is 5.82 Å². The molecule has 0 saturated carbocycles. The van der Waals surface area contributed by atoms with Crippen LogP contribution in [0.1, 0.15) is 47.9 Å². The van der Waals surface area contributed by atoms with Gasteiger partial charge in [0.25, 0.3) is 0 Å². The van der Waals surface area contributed by atoms with Crippen molar-refractivity contribution in [3.8, 4) is 5.75 Å². The Hall–Kier alpha value is -3.00. The van der Waals surface area contributed by atoms with E-state index in [2.05, 4.69) is 0 Å². The van der Waals surface area contributed by atoms with Crippen LogP contribution in [0.2, 0.25) is 0 Å². The van der Waals surface area contributed by atoms with E-state index in [1.165, 1.54) is 0 Å². The molecule has 170 valence electrons. The Balaban J connectivity index is 1.69. The van der Waals surface area contributed by atoms with E-state index < -0.39 is 0 Å². The third kappa shape index (κ3) is 4.32. The molecule has 0 aliphatic carbocycles. The average molecular weight is 438 g/mol. The smallest absolute Gasteiger partial charge is 0.237 e. The number of amides is 2. The van der Waals surface area contributed by atoms with E-state index in [9.17, 15) is 9.59 Å². The first-order valence-corrected chi connectivity index (χ1v) is 11.1. The zero-order valence-electron chi connectivity index (χ0n) is 19.3. The summed E-state index contributed by atoms with van der Waals surface area (Å²) < 4.78 is 5.49. The maximum Gasteiger partial charge on any atom is 0.237 e. The van der Waals surface area contributed by atoms with Gasteiger partial charge in [0.1, 0.15) is 11.6 Å². The van der Waals surface area contributed by atoms with Crippen LogP contribution in [0.25, 0.3) is 0 Å². The number of carbonyl (C=O) groups excluding carboxylic acids is 2. The third-order valence-corrected chi connectivity index (χ3v) is 6.20. The largest absolute Gasteiger partial charge is 0.496 e. The number of hydrogen-bond acceptors (Lipinski definition) is 6. The van der Waals surface area contributed by atoms with Crippen molar-refractivity contribution in [2.45, 2.75) is 45.2 Å². The summed E-state index contributed by atoms with van der Waals surface area (Å²) in [6, 6.07) is 7.56. The highest BCUT2D eigenvalue weighted by molar-refractivity contribution is 5.95. The summed E-state index contributed by atoms with van der Waals surface area (Å²) in [7, 11) is 5.42. The molecule has 0 spiro atoms. The van der Waals surface area contributed by atoms with Crippen molar-refractivity contribution >= 4 is 17.6 Å². The average Bonchev–Trinajstić information content (AvgIpc) is 3.25. The zero-order valence-corrected chi connectivity index (χ0v) is 19.3. The number of para-hydroxylation sites is 1. The highest BCUT2D eigenvalue weighted by Crippen LogP contribution is 2.35. The maximum absolute atomic E-state index is 13.0. The van der Waals surface area contributed by atoms with Gasteiger partial charge in [0, 0.05) is 29.8 Å². The Morgan fingerprint density at radius 2 is 2.00 bits per heavy atom. The molecule has 2 aromatic rings. The number of ether oxygens (including phenoxy) is 1. The molecule has 1 saturated heterocycles. The van der Waals surface area contributed by atoms with E-state index in [1.807, 2.05) is 55.1 Å². The van der Waals surface area contributed by atoms with Crippen LogP contribution in [-0.2, 0) is 22.6 Å². The summed E-state index contributed by atoms with van der Waals surface area (Å²) in [5.74, 6) is 2.17. The molecular weight excluding hydrogens is 406 g/mol. The maximum atomic E-state index is 13.0. The van der Waals surface area contributed by atoms with Gasteiger partial charge in [0.2, 0.25) is 11.8 Å². The number of benzene rings is 1. The molecule has 8 nitrogen and oxygen atoms in total. The quantitative estimate of drug-likeness (QED) is 0.691. The van der Waals surface area contributed by atoms with Gasteiger partial charge >= 0.3 is 0 Å². The highest BCUT2D eigenvalue weighted by Gasteiger charge is 2.35. The van der Waals surface area contributed by atoms with Gasteiger partial charge in [-0.05, 0) is 46.3 Å². The second kappa shape index (κ2) is 9.24. The molecule has 1 unspecified atom stereocenters. The fourth-order valence-corrected chi connectivity index (χ4v) is 4.61. The Bertz CT molecular complexity index is 1020. The summed E-state index contributed by atoms with van der Waals surface area (Å²) in [5.41, 5.74) is 2.82. The van der Waals surface area contributed by atoms with Crippen molar-refractivity contribution in [1.29, 1.82) is 0 Å². The van der Waals surface area contributed by atoms with Crippen molar-refractivity contribution in [2.24, 2.45) is 0 Å². The second-order valence-electron chi connectivity index (χ2n) is 8.74. The van der Waals surface area contributed by atoms with Crippen molar-refractivity contribution in [3.63, 3.8) is 0 Å². The molecular formula is C24H31N5O3. The Labute approximate surface area is 189 Å². The lowest BCUT2D eigenvalue weighted by atomic mass is 10.0. The summed E-state index contributed by atoms with van der Waals surface area (Å²) in [4.78, 5) is 41.0. The molecule has 2 amide bonds. The molecule has 1 aromatic carbocycles. The van der Waals surface area contributed by atoms with Gasteiger partial charge in [-0.1, -0.05) is 18.2 Å². The lowest BCUT2D eigenvalue weighted by Crippen LogP contribution is -2.39. The molecule has 2 aliphatic rings. The molecule has 32 heavy (non-hydrogen) atoms. The minimum atomic E-state index is -0.156. The summed E-state index contributed by atoms with van der Waals surface area (Å²) in [5, 5.41) is 0. The zero-order chi connectivity index (χ0) is 22.8. The normalized spacial score (nSPS) is 18.3. The van der Waals surface area contributed by atoms with E-state index in [-0.39, 0.29) is 17.9 Å². The standard InChI is InChI=1S/C24H31N5O3/c1-16-18-11-12-21(30)29(14-17-8-5-6-10-20(17)32-4)24(18)26-23(25-16)19-9-7-13-28(19)22(31)15-27(2)3/h5-6,8,10,19H,7,9,11-15H2,1-4H3. The number of nitrogens with zero attached hydrogens (tertiary/aromatic N) is 5. The fourth-order valence-electron chi connectivity index (χ4n) is 4.61. The number of hydrogen-bond donors (Lipinski definition) is 0. The summed E-state index contributed by atoms with van der Waals surface area (Å²) in [6.07, 6.45) is 2.82. The molecule has 1 atom stereocenters. The second-order valence-corrected chi connectivity index (χ2v) is 8.74.